The molecule has 2 N–H and O–H groups in total. The van der Waals surface area contributed by atoms with Crippen LogP contribution in [0.2, 0.25) is 0 Å². The van der Waals surface area contributed by atoms with Gasteiger partial charge in [0.2, 0.25) is 0 Å². The molecular formula is C17H28N2O2. The van der Waals surface area contributed by atoms with Crippen LogP contribution in [0.15, 0.2) is 18.2 Å². The topological polar surface area (TPSA) is 44.7 Å². The summed E-state index contributed by atoms with van der Waals surface area (Å²) in [6, 6.07) is 6.06. The number of hydrogen-bond donors (Lipinski definition) is 2. The van der Waals surface area contributed by atoms with Crippen LogP contribution in [0.5, 0.6) is 11.5 Å². The van der Waals surface area contributed by atoms with Crippen LogP contribution in [0, 0.1) is 0 Å². The maximum Gasteiger partial charge on any atom is 0.120 e. The van der Waals surface area contributed by atoms with E-state index < -0.39 is 0 Å². The summed E-state index contributed by atoms with van der Waals surface area (Å²) >= 11 is 0. The Bertz CT molecular complexity index is 442. The minimum Gasteiger partial charge on any atom is -0.508 e. The highest BCUT2D eigenvalue weighted by Gasteiger charge is 2.21. The van der Waals surface area contributed by atoms with E-state index in [1.165, 1.54) is 38.9 Å². The number of benzene rings is 1. The van der Waals surface area contributed by atoms with Crippen LogP contribution in [0.25, 0.3) is 0 Å². The Balaban J connectivity index is 1.91. The van der Waals surface area contributed by atoms with Crippen molar-refractivity contribution in [1.82, 2.24) is 10.2 Å². The fraction of sp³-hybridized carbons (Fsp3) is 0.647. The summed E-state index contributed by atoms with van der Waals surface area (Å²) in [5, 5.41) is 13.7. The smallest absolute Gasteiger partial charge is 0.120 e. The summed E-state index contributed by atoms with van der Waals surface area (Å²) in [5.74, 6) is 1.12. The van der Waals surface area contributed by atoms with Crippen LogP contribution in [-0.2, 0) is 0 Å². The summed E-state index contributed by atoms with van der Waals surface area (Å²) in [6.07, 6.45) is 3.58. The minimum absolute atomic E-state index is 0.128. The first kappa shape index (κ1) is 16.1. The lowest BCUT2D eigenvalue weighted by molar-refractivity contribution is 0.192. The Hall–Kier alpha value is -1.26. The molecule has 0 aliphatic carbocycles. The minimum atomic E-state index is 0.128. The van der Waals surface area contributed by atoms with E-state index in [2.05, 4.69) is 24.1 Å². The number of piperidine rings is 1. The molecule has 0 radical (unpaired) electrons. The molecule has 1 fully saturated rings. The molecule has 21 heavy (non-hydrogen) atoms. The van der Waals surface area contributed by atoms with Gasteiger partial charge >= 0.3 is 0 Å². The molecule has 0 saturated carbocycles. The van der Waals surface area contributed by atoms with Crippen molar-refractivity contribution >= 4 is 0 Å². The molecule has 4 heteroatoms. The van der Waals surface area contributed by atoms with Gasteiger partial charge in [-0.05, 0) is 64.0 Å². The Morgan fingerprint density at radius 2 is 2.10 bits per heavy atom. The van der Waals surface area contributed by atoms with Gasteiger partial charge in [-0.25, -0.2) is 0 Å². The quantitative estimate of drug-likeness (QED) is 0.846. The van der Waals surface area contributed by atoms with Gasteiger partial charge in [0.15, 0.2) is 0 Å². The van der Waals surface area contributed by atoms with Crippen molar-refractivity contribution in [3.05, 3.63) is 23.8 Å². The maximum atomic E-state index is 10.0. The summed E-state index contributed by atoms with van der Waals surface area (Å²) in [4.78, 5) is 2.53. The summed E-state index contributed by atoms with van der Waals surface area (Å²) in [5.41, 5.74) is 0.908. The zero-order valence-electron chi connectivity index (χ0n) is 13.4. The normalized spacial score (nSPS) is 18.6. The molecule has 1 aliphatic rings. The molecule has 0 spiro atoms. The van der Waals surface area contributed by atoms with E-state index in [1.54, 1.807) is 19.2 Å². The average molecular weight is 292 g/mol. The summed E-state index contributed by atoms with van der Waals surface area (Å²) in [7, 11) is 1.65. The number of rotatable bonds is 6. The number of methoxy groups -OCH3 is 1. The second kappa shape index (κ2) is 7.66. The molecule has 1 saturated heterocycles. The van der Waals surface area contributed by atoms with Crippen molar-refractivity contribution < 1.29 is 9.84 Å². The van der Waals surface area contributed by atoms with Crippen molar-refractivity contribution in [3.8, 4) is 11.5 Å². The Kier molecular flexibility index (Phi) is 5.88. The third kappa shape index (κ3) is 4.35. The van der Waals surface area contributed by atoms with Crippen LogP contribution < -0.4 is 10.1 Å². The Labute approximate surface area is 128 Å². The number of phenols is 1. The fourth-order valence-electron chi connectivity index (χ4n) is 3.09. The van der Waals surface area contributed by atoms with Crippen molar-refractivity contribution in [1.29, 1.82) is 0 Å². The predicted octanol–water partition coefficient (Wildman–Crippen LogP) is 2.93. The first-order valence-corrected chi connectivity index (χ1v) is 7.99. The SMILES string of the molecule is CCCN1CCC(NC(C)c2cc(OC)ccc2O)CC1. The highest BCUT2D eigenvalue weighted by Crippen LogP contribution is 2.29. The largest absolute Gasteiger partial charge is 0.508 e. The van der Waals surface area contributed by atoms with E-state index in [0.29, 0.717) is 11.8 Å². The van der Waals surface area contributed by atoms with Crippen molar-refractivity contribution in [3.63, 3.8) is 0 Å². The number of nitrogens with one attached hydrogen (secondary N) is 1. The average Bonchev–Trinajstić information content (AvgIpc) is 2.50. The number of aromatic hydroxyl groups is 1. The molecule has 118 valence electrons. The van der Waals surface area contributed by atoms with Gasteiger partial charge in [-0.2, -0.15) is 0 Å². The monoisotopic (exact) mass is 292 g/mol. The molecule has 4 nitrogen and oxygen atoms in total. The molecule has 1 aliphatic heterocycles. The van der Waals surface area contributed by atoms with Gasteiger partial charge in [0.05, 0.1) is 7.11 Å². The third-order valence-electron chi connectivity index (χ3n) is 4.31. The van der Waals surface area contributed by atoms with Crippen LogP contribution >= 0.6 is 0 Å². The lowest BCUT2D eigenvalue weighted by Crippen LogP contribution is -2.43. The van der Waals surface area contributed by atoms with Crippen LogP contribution in [0.1, 0.15) is 44.7 Å². The van der Waals surface area contributed by atoms with Gasteiger partial charge in [0, 0.05) is 17.6 Å². The van der Waals surface area contributed by atoms with E-state index in [4.69, 9.17) is 4.74 Å². The highest BCUT2D eigenvalue weighted by molar-refractivity contribution is 5.41. The van der Waals surface area contributed by atoms with Crippen LogP contribution in [0.4, 0.5) is 0 Å². The third-order valence-corrected chi connectivity index (χ3v) is 4.31. The van der Waals surface area contributed by atoms with Gasteiger partial charge < -0.3 is 20.1 Å². The molecule has 1 atom stereocenters. The lowest BCUT2D eigenvalue weighted by Gasteiger charge is -2.34. The number of ether oxygens (including phenoxy) is 1. The molecule has 0 bridgehead atoms. The number of nitrogens with zero attached hydrogens (tertiary/aromatic N) is 1. The van der Waals surface area contributed by atoms with Crippen molar-refractivity contribution in [2.75, 3.05) is 26.7 Å². The summed E-state index contributed by atoms with van der Waals surface area (Å²) < 4.78 is 5.25. The van der Waals surface area contributed by atoms with E-state index >= 15 is 0 Å². The molecule has 1 aromatic rings. The fourth-order valence-corrected chi connectivity index (χ4v) is 3.09. The van der Waals surface area contributed by atoms with Crippen molar-refractivity contribution in [2.24, 2.45) is 0 Å². The number of likely N-dealkylation sites (tertiary alicyclic amines) is 1. The van der Waals surface area contributed by atoms with E-state index in [9.17, 15) is 5.11 Å². The van der Waals surface area contributed by atoms with Gasteiger partial charge in [-0.15, -0.1) is 0 Å². The van der Waals surface area contributed by atoms with E-state index in [-0.39, 0.29) is 6.04 Å². The lowest BCUT2D eigenvalue weighted by atomic mass is 10.0. The van der Waals surface area contributed by atoms with Crippen LogP contribution in [0.3, 0.4) is 0 Å². The van der Waals surface area contributed by atoms with Gasteiger partial charge in [-0.3, -0.25) is 0 Å². The first-order chi connectivity index (χ1) is 10.1. The first-order valence-electron chi connectivity index (χ1n) is 7.99. The molecule has 2 rings (SSSR count). The summed E-state index contributed by atoms with van der Waals surface area (Å²) in [6.45, 7) is 7.88. The Morgan fingerprint density at radius 3 is 2.71 bits per heavy atom. The van der Waals surface area contributed by atoms with Gasteiger partial charge in [-0.1, -0.05) is 6.92 Å². The highest BCUT2D eigenvalue weighted by atomic mass is 16.5. The molecule has 1 heterocycles. The standard InChI is InChI=1S/C17H28N2O2/c1-4-9-19-10-7-14(8-11-19)18-13(2)16-12-15(21-3)5-6-17(16)20/h5-6,12-14,18,20H,4,7-11H2,1-3H3. The zero-order valence-corrected chi connectivity index (χ0v) is 13.4. The molecule has 1 unspecified atom stereocenters. The predicted molar refractivity (Wildman–Crippen MR) is 86.0 cm³/mol. The molecule has 0 aromatic heterocycles. The zero-order chi connectivity index (χ0) is 15.2. The number of hydrogen-bond acceptors (Lipinski definition) is 4. The molecular weight excluding hydrogens is 264 g/mol. The Morgan fingerprint density at radius 1 is 1.38 bits per heavy atom. The van der Waals surface area contributed by atoms with Gasteiger partial charge in [0.1, 0.15) is 11.5 Å². The molecule has 1 aromatic carbocycles. The van der Waals surface area contributed by atoms with Gasteiger partial charge in [0.25, 0.3) is 0 Å². The van der Waals surface area contributed by atoms with Crippen LogP contribution in [-0.4, -0.2) is 42.8 Å². The molecule has 0 amide bonds. The number of phenolic OH excluding ortho intramolecular Hbond substituents is 1. The second-order valence-electron chi connectivity index (χ2n) is 5.93. The second-order valence-corrected chi connectivity index (χ2v) is 5.93. The van der Waals surface area contributed by atoms with E-state index in [0.717, 1.165) is 11.3 Å². The van der Waals surface area contributed by atoms with E-state index in [1.807, 2.05) is 6.07 Å². The maximum absolute atomic E-state index is 10.0. The van der Waals surface area contributed by atoms with Crippen molar-refractivity contribution in [2.45, 2.75) is 45.2 Å².